The van der Waals surface area contributed by atoms with E-state index in [4.69, 9.17) is 20.9 Å². The van der Waals surface area contributed by atoms with Crippen molar-refractivity contribution in [2.75, 3.05) is 32.9 Å². The smallest absolute Gasteiger partial charge is 0.237 e. The Balaban J connectivity index is 1.86. The third-order valence-corrected chi connectivity index (χ3v) is 3.40. The Kier molecular flexibility index (Phi) is 5.34. The number of benzene rings is 1. The fourth-order valence-corrected chi connectivity index (χ4v) is 2.25. The summed E-state index contributed by atoms with van der Waals surface area (Å²) in [6.45, 7) is 3.22. The Labute approximate surface area is 118 Å². The number of nitrogens with zero attached hydrogens (tertiary/aromatic N) is 1. The highest BCUT2D eigenvalue weighted by Crippen LogP contribution is 2.17. The summed E-state index contributed by atoms with van der Waals surface area (Å²) in [5.74, 6) is 0.436. The number of hydrogen-bond acceptors (Lipinski definition) is 5. The number of ether oxygens (including phenoxy) is 2. The van der Waals surface area contributed by atoms with Gasteiger partial charge in [-0.05, 0) is 6.07 Å². The van der Waals surface area contributed by atoms with Gasteiger partial charge in [0.2, 0.25) is 5.91 Å². The van der Waals surface area contributed by atoms with Crippen LogP contribution in [0.4, 0.5) is 0 Å². The van der Waals surface area contributed by atoms with E-state index in [1.807, 2.05) is 29.2 Å². The third kappa shape index (κ3) is 3.69. The van der Waals surface area contributed by atoms with E-state index in [2.05, 4.69) is 0 Å². The summed E-state index contributed by atoms with van der Waals surface area (Å²) in [5.41, 5.74) is 12.0. The van der Waals surface area contributed by atoms with Crippen LogP contribution < -0.4 is 16.2 Å². The van der Waals surface area contributed by atoms with Crippen molar-refractivity contribution in [1.82, 2.24) is 4.90 Å². The number of morpholine rings is 1. The lowest BCUT2D eigenvalue weighted by atomic mass is 10.2. The summed E-state index contributed by atoms with van der Waals surface area (Å²) in [6.07, 6.45) is 0. The molecule has 0 spiro atoms. The van der Waals surface area contributed by atoms with Gasteiger partial charge in [-0.15, -0.1) is 0 Å². The van der Waals surface area contributed by atoms with Crippen LogP contribution in [0, 0.1) is 0 Å². The normalized spacial score (nSPS) is 19.8. The van der Waals surface area contributed by atoms with Gasteiger partial charge in [0.25, 0.3) is 0 Å². The number of primary amides is 1. The highest BCUT2D eigenvalue weighted by atomic mass is 16.5. The van der Waals surface area contributed by atoms with E-state index in [1.54, 1.807) is 0 Å². The molecule has 20 heavy (non-hydrogen) atoms. The molecule has 1 heterocycles. The SMILES string of the molecule is NCc1ccccc1OCCN1CCOCC1C(N)=O. The molecule has 1 aliphatic rings. The van der Waals surface area contributed by atoms with E-state index in [9.17, 15) is 4.79 Å². The maximum Gasteiger partial charge on any atom is 0.237 e. The fraction of sp³-hybridized carbons (Fsp3) is 0.500. The van der Waals surface area contributed by atoms with E-state index in [0.717, 1.165) is 11.3 Å². The quantitative estimate of drug-likeness (QED) is 0.747. The standard InChI is InChI=1S/C14H21N3O3/c15-9-11-3-1-2-4-13(11)20-8-6-17-5-7-19-10-12(17)14(16)18/h1-4,12H,5-10,15H2,(H2,16,18). The minimum atomic E-state index is -0.364. The average molecular weight is 279 g/mol. The first-order chi connectivity index (χ1) is 9.72. The number of hydrogen-bond donors (Lipinski definition) is 2. The van der Waals surface area contributed by atoms with Crippen LogP contribution in [-0.2, 0) is 16.1 Å². The number of amides is 1. The van der Waals surface area contributed by atoms with Gasteiger partial charge in [-0.3, -0.25) is 9.69 Å². The first-order valence-corrected chi connectivity index (χ1v) is 6.74. The van der Waals surface area contributed by atoms with Crippen LogP contribution in [0.2, 0.25) is 0 Å². The van der Waals surface area contributed by atoms with E-state index in [1.165, 1.54) is 0 Å². The zero-order chi connectivity index (χ0) is 14.4. The molecule has 1 aliphatic heterocycles. The van der Waals surface area contributed by atoms with Gasteiger partial charge >= 0.3 is 0 Å². The topological polar surface area (TPSA) is 90.8 Å². The van der Waals surface area contributed by atoms with Crippen LogP contribution in [0.15, 0.2) is 24.3 Å². The van der Waals surface area contributed by atoms with Crippen LogP contribution in [0.3, 0.4) is 0 Å². The molecule has 0 aliphatic carbocycles. The van der Waals surface area contributed by atoms with Gasteiger partial charge in [-0.1, -0.05) is 18.2 Å². The van der Waals surface area contributed by atoms with Crippen LogP contribution in [0.5, 0.6) is 5.75 Å². The molecule has 110 valence electrons. The van der Waals surface area contributed by atoms with Crippen LogP contribution in [0.1, 0.15) is 5.56 Å². The predicted octanol–water partition coefficient (Wildman–Crippen LogP) is -0.290. The molecule has 1 unspecified atom stereocenters. The molecular formula is C14H21N3O3. The Bertz CT molecular complexity index is 453. The van der Waals surface area contributed by atoms with Crippen LogP contribution in [-0.4, -0.2) is 49.8 Å². The highest BCUT2D eigenvalue weighted by Gasteiger charge is 2.27. The summed E-state index contributed by atoms with van der Waals surface area (Å²) in [6, 6.07) is 7.32. The van der Waals surface area contributed by atoms with Crippen molar-refractivity contribution in [3.63, 3.8) is 0 Å². The van der Waals surface area contributed by atoms with Gasteiger partial charge in [0.05, 0.1) is 13.2 Å². The van der Waals surface area contributed by atoms with Crippen molar-refractivity contribution in [3.8, 4) is 5.75 Å². The number of para-hydroxylation sites is 1. The lowest BCUT2D eigenvalue weighted by molar-refractivity contribution is -0.129. The zero-order valence-corrected chi connectivity index (χ0v) is 11.5. The highest BCUT2D eigenvalue weighted by molar-refractivity contribution is 5.80. The van der Waals surface area contributed by atoms with Crippen molar-refractivity contribution in [3.05, 3.63) is 29.8 Å². The Morgan fingerprint density at radius 2 is 2.25 bits per heavy atom. The second kappa shape index (κ2) is 7.23. The first kappa shape index (κ1) is 14.8. The Morgan fingerprint density at radius 3 is 3.00 bits per heavy atom. The van der Waals surface area contributed by atoms with Gasteiger partial charge in [0.15, 0.2) is 0 Å². The molecule has 0 saturated carbocycles. The van der Waals surface area contributed by atoms with E-state index >= 15 is 0 Å². The molecular weight excluding hydrogens is 258 g/mol. The number of nitrogens with two attached hydrogens (primary N) is 2. The zero-order valence-electron chi connectivity index (χ0n) is 11.5. The molecule has 1 aromatic rings. The number of carbonyl (C=O) groups excluding carboxylic acids is 1. The maximum atomic E-state index is 11.3. The second-order valence-corrected chi connectivity index (χ2v) is 4.69. The fourth-order valence-electron chi connectivity index (χ4n) is 2.25. The molecule has 0 bridgehead atoms. The van der Waals surface area contributed by atoms with Gasteiger partial charge < -0.3 is 20.9 Å². The molecule has 0 radical (unpaired) electrons. The first-order valence-electron chi connectivity index (χ1n) is 6.74. The minimum Gasteiger partial charge on any atom is -0.492 e. The van der Waals surface area contributed by atoms with Gasteiger partial charge in [0, 0.05) is 25.2 Å². The molecule has 1 aromatic carbocycles. The summed E-state index contributed by atoms with van der Waals surface area (Å²) >= 11 is 0. The maximum absolute atomic E-state index is 11.3. The second-order valence-electron chi connectivity index (χ2n) is 4.69. The molecule has 4 N–H and O–H groups in total. The molecule has 1 saturated heterocycles. The van der Waals surface area contributed by atoms with Gasteiger partial charge in [0.1, 0.15) is 18.4 Å². The summed E-state index contributed by atoms with van der Waals surface area (Å²) in [4.78, 5) is 13.3. The van der Waals surface area contributed by atoms with Crippen molar-refractivity contribution < 1.29 is 14.3 Å². The van der Waals surface area contributed by atoms with Crippen molar-refractivity contribution in [2.45, 2.75) is 12.6 Å². The van der Waals surface area contributed by atoms with Crippen molar-refractivity contribution in [2.24, 2.45) is 11.5 Å². The van der Waals surface area contributed by atoms with Crippen LogP contribution >= 0.6 is 0 Å². The third-order valence-electron chi connectivity index (χ3n) is 3.40. The van der Waals surface area contributed by atoms with Crippen LogP contribution in [0.25, 0.3) is 0 Å². The lowest BCUT2D eigenvalue weighted by Crippen LogP contribution is -2.53. The Morgan fingerprint density at radius 1 is 1.45 bits per heavy atom. The number of carbonyl (C=O) groups is 1. The van der Waals surface area contributed by atoms with Crippen molar-refractivity contribution >= 4 is 5.91 Å². The van der Waals surface area contributed by atoms with Gasteiger partial charge in [-0.2, -0.15) is 0 Å². The molecule has 0 aromatic heterocycles. The largest absolute Gasteiger partial charge is 0.492 e. The summed E-state index contributed by atoms with van der Waals surface area (Å²) in [7, 11) is 0. The lowest BCUT2D eigenvalue weighted by Gasteiger charge is -2.33. The Hall–Kier alpha value is -1.63. The molecule has 1 fully saturated rings. The molecule has 1 amide bonds. The molecule has 2 rings (SSSR count). The monoisotopic (exact) mass is 279 g/mol. The van der Waals surface area contributed by atoms with E-state index < -0.39 is 0 Å². The van der Waals surface area contributed by atoms with Crippen molar-refractivity contribution in [1.29, 1.82) is 0 Å². The average Bonchev–Trinajstić information content (AvgIpc) is 2.48. The molecule has 1 atom stereocenters. The number of rotatable bonds is 6. The minimum absolute atomic E-state index is 0.355. The van der Waals surface area contributed by atoms with E-state index in [-0.39, 0.29) is 11.9 Å². The molecule has 6 nitrogen and oxygen atoms in total. The summed E-state index contributed by atoms with van der Waals surface area (Å²) in [5, 5.41) is 0. The predicted molar refractivity (Wildman–Crippen MR) is 75.2 cm³/mol. The summed E-state index contributed by atoms with van der Waals surface area (Å²) < 4.78 is 11.0. The van der Waals surface area contributed by atoms with E-state index in [0.29, 0.717) is 39.5 Å². The van der Waals surface area contributed by atoms with Gasteiger partial charge in [-0.25, -0.2) is 0 Å². The molecule has 6 heteroatoms.